The first kappa shape index (κ1) is 18.7. The largest absolute Gasteiger partial charge is 0.350 e. The Morgan fingerprint density at radius 3 is 2.62 bits per heavy atom. The van der Waals surface area contributed by atoms with Crippen molar-refractivity contribution in [3.05, 3.63) is 77.4 Å². The lowest BCUT2D eigenvalue weighted by Gasteiger charge is -2.16. The van der Waals surface area contributed by atoms with Crippen molar-refractivity contribution in [3.63, 3.8) is 0 Å². The molecule has 3 aromatic rings. The van der Waals surface area contributed by atoms with Gasteiger partial charge in [-0.1, -0.05) is 6.07 Å². The lowest BCUT2D eigenvalue weighted by molar-refractivity contribution is 0.0952. The molecule has 0 atom stereocenters. The van der Waals surface area contributed by atoms with Gasteiger partial charge in [0.25, 0.3) is 5.91 Å². The molecule has 0 aliphatic carbocycles. The van der Waals surface area contributed by atoms with Crippen LogP contribution in [-0.4, -0.2) is 38.1 Å². The summed E-state index contributed by atoms with van der Waals surface area (Å²) in [5, 5.41) is 9.93. The second-order valence-electron chi connectivity index (χ2n) is 6.92. The van der Waals surface area contributed by atoms with Crippen LogP contribution in [0.3, 0.4) is 0 Å². The van der Waals surface area contributed by atoms with Gasteiger partial charge in [0.2, 0.25) is 0 Å². The number of aryl methyl sites for hydroxylation is 1. The highest BCUT2D eigenvalue weighted by molar-refractivity contribution is 5.95. The molecule has 2 N–H and O–H groups in total. The van der Waals surface area contributed by atoms with Gasteiger partial charge >= 0.3 is 6.03 Å². The fourth-order valence-corrected chi connectivity index (χ4v) is 3.26. The molecule has 0 saturated carbocycles. The minimum absolute atomic E-state index is 0.159. The van der Waals surface area contributed by atoms with E-state index >= 15 is 0 Å². The monoisotopic (exact) mass is 390 g/mol. The van der Waals surface area contributed by atoms with E-state index in [-0.39, 0.29) is 11.9 Å². The number of rotatable bonds is 5. The Morgan fingerprint density at radius 1 is 1.07 bits per heavy atom. The van der Waals surface area contributed by atoms with Crippen molar-refractivity contribution in [1.82, 2.24) is 25.0 Å². The van der Waals surface area contributed by atoms with Gasteiger partial charge in [0.05, 0.1) is 18.8 Å². The van der Waals surface area contributed by atoms with Crippen LogP contribution in [0, 0.1) is 6.92 Å². The number of pyridine rings is 1. The van der Waals surface area contributed by atoms with E-state index in [2.05, 4.69) is 20.7 Å². The van der Waals surface area contributed by atoms with Gasteiger partial charge in [0, 0.05) is 42.4 Å². The zero-order valence-corrected chi connectivity index (χ0v) is 16.1. The van der Waals surface area contributed by atoms with Crippen molar-refractivity contribution in [2.45, 2.75) is 26.6 Å². The molecule has 0 bridgehead atoms. The van der Waals surface area contributed by atoms with E-state index in [4.69, 9.17) is 0 Å². The predicted octanol–water partition coefficient (Wildman–Crippen LogP) is 2.56. The first-order chi connectivity index (χ1) is 14.1. The van der Waals surface area contributed by atoms with E-state index in [1.54, 1.807) is 41.6 Å². The SMILES string of the molecule is Cc1ccnn1CCNC(=O)c1ccc(NC(=O)N2Cc3cccnc3C2)cc1. The second-order valence-corrected chi connectivity index (χ2v) is 6.92. The molecule has 4 rings (SSSR count). The van der Waals surface area contributed by atoms with Crippen molar-refractivity contribution < 1.29 is 9.59 Å². The molecule has 0 saturated heterocycles. The van der Waals surface area contributed by atoms with Crippen molar-refractivity contribution >= 4 is 17.6 Å². The third kappa shape index (κ3) is 4.26. The minimum atomic E-state index is -0.185. The third-order valence-corrected chi connectivity index (χ3v) is 4.91. The number of carbonyl (C=O) groups excluding carboxylic acids is 2. The second kappa shape index (κ2) is 8.14. The molecule has 1 aliphatic heterocycles. The number of carbonyl (C=O) groups is 2. The smallest absolute Gasteiger partial charge is 0.322 e. The van der Waals surface area contributed by atoms with Gasteiger partial charge in [0.15, 0.2) is 0 Å². The number of hydrogen-bond acceptors (Lipinski definition) is 4. The molecule has 29 heavy (non-hydrogen) atoms. The maximum atomic E-state index is 12.5. The Kier molecular flexibility index (Phi) is 5.24. The lowest BCUT2D eigenvalue weighted by atomic mass is 10.2. The highest BCUT2D eigenvalue weighted by atomic mass is 16.2. The number of fused-ring (bicyclic) bond motifs is 1. The van der Waals surface area contributed by atoms with E-state index < -0.39 is 0 Å². The Hall–Kier alpha value is -3.68. The summed E-state index contributed by atoms with van der Waals surface area (Å²) in [6.45, 7) is 4.12. The first-order valence-electron chi connectivity index (χ1n) is 9.45. The first-order valence-corrected chi connectivity index (χ1v) is 9.45. The molecule has 3 heterocycles. The molecular weight excluding hydrogens is 368 g/mol. The van der Waals surface area contributed by atoms with E-state index in [9.17, 15) is 9.59 Å². The van der Waals surface area contributed by atoms with Gasteiger partial charge in [-0.15, -0.1) is 0 Å². The average molecular weight is 390 g/mol. The van der Waals surface area contributed by atoms with Crippen LogP contribution in [-0.2, 0) is 19.6 Å². The molecule has 0 unspecified atom stereocenters. The summed E-state index contributed by atoms with van der Waals surface area (Å²) < 4.78 is 1.84. The van der Waals surface area contributed by atoms with Crippen LogP contribution in [0.5, 0.6) is 0 Å². The average Bonchev–Trinajstić information content (AvgIpc) is 3.34. The summed E-state index contributed by atoms with van der Waals surface area (Å²) in [7, 11) is 0. The fraction of sp³-hybridized carbons (Fsp3) is 0.238. The van der Waals surface area contributed by atoms with E-state index in [0.29, 0.717) is 37.4 Å². The summed E-state index contributed by atoms with van der Waals surface area (Å²) in [6.07, 6.45) is 3.47. The number of anilines is 1. The van der Waals surface area contributed by atoms with Crippen LogP contribution >= 0.6 is 0 Å². The Labute approximate surface area is 168 Å². The Bertz CT molecular complexity index is 1000. The molecular formula is C21H22N6O2. The van der Waals surface area contributed by atoms with Crippen LogP contribution < -0.4 is 10.6 Å². The van der Waals surface area contributed by atoms with Crippen LogP contribution in [0.2, 0.25) is 0 Å². The standard InChI is InChI=1S/C21H22N6O2/c1-15-8-10-24-27(15)12-11-23-20(28)16-4-6-18(7-5-16)25-21(29)26-13-17-3-2-9-22-19(17)14-26/h2-10H,11-14H2,1H3,(H,23,28)(H,25,29). The van der Waals surface area contributed by atoms with Gasteiger partial charge in [-0.25, -0.2) is 4.79 Å². The number of urea groups is 1. The van der Waals surface area contributed by atoms with Crippen molar-refractivity contribution in [3.8, 4) is 0 Å². The van der Waals surface area contributed by atoms with Gasteiger partial charge in [0.1, 0.15) is 0 Å². The number of nitrogens with one attached hydrogen (secondary N) is 2. The van der Waals surface area contributed by atoms with Crippen molar-refractivity contribution in [2.75, 3.05) is 11.9 Å². The number of nitrogens with zero attached hydrogens (tertiary/aromatic N) is 4. The van der Waals surface area contributed by atoms with Crippen LogP contribution in [0.1, 0.15) is 27.3 Å². The summed E-state index contributed by atoms with van der Waals surface area (Å²) in [6, 6.07) is 12.4. The fourth-order valence-electron chi connectivity index (χ4n) is 3.26. The molecule has 8 nitrogen and oxygen atoms in total. The number of hydrogen-bond donors (Lipinski definition) is 2. The number of benzene rings is 1. The van der Waals surface area contributed by atoms with Gasteiger partial charge in [-0.05, 0) is 48.9 Å². The molecule has 0 fully saturated rings. The van der Waals surface area contributed by atoms with Crippen molar-refractivity contribution in [1.29, 1.82) is 0 Å². The van der Waals surface area contributed by atoms with Gasteiger partial charge in [-0.2, -0.15) is 5.10 Å². The maximum absolute atomic E-state index is 12.5. The molecule has 0 radical (unpaired) electrons. The normalized spacial score (nSPS) is 12.5. The van der Waals surface area contributed by atoms with Gasteiger partial charge in [-0.3, -0.25) is 14.5 Å². The van der Waals surface area contributed by atoms with Gasteiger partial charge < -0.3 is 15.5 Å². The highest BCUT2D eigenvalue weighted by Crippen LogP contribution is 2.21. The van der Waals surface area contributed by atoms with Crippen molar-refractivity contribution in [2.24, 2.45) is 0 Å². The number of aromatic nitrogens is 3. The van der Waals surface area contributed by atoms with Crippen LogP contribution in [0.4, 0.5) is 10.5 Å². The molecule has 8 heteroatoms. The zero-order chi connectivity index (χ0) is 20.2. The molecule has 148 valence electrons. The topological polar surface area (TPSA) is 92.2 Å². The summed E-state index contributed by atoms with van der Waals surface area (Å²) in [5.74, 6) is -0.159. The molecule has 0 spiro atoms. The Balaban J connectivity index is 1.28. The highest BCUT2D eigenvalue weighted by Gasteiger charge is 2.24. The molecule has 3 amide bonds. The molecule has 1 aromatic carbocycles. The zero-order valence-electron chi connectivity index (χ0n) is 16.1. The van der Waals surface area contributed by atoms with Crippen LogP contribution in [0.25, 0.3) is 0 Å². The summed E-state index contributed by atoms with van der Waals surface area (Å²) in [5.41, 5.74) is 4.23. The molecule has 1 aliphatic rings. The van der Waals surface area contributed by atoms with E-state index in [1.807, 2.05) is 29.8 Å². The predicted molar refractivity (Wildman–Crippen MR) is 108 cm³/mol. The quantitative estimate of drug-likeness (QED) is 0.700. The van der Waals surface area contributed by atoms with Crippen LogP contribution in [0.15, 0.2) is 54.9 Å². The third-order valence-electron chi connectivity index (χ3n) is 4.91. The summed E-state index contributed by atoms with van der Waals surface area (Å²) >= 11 is 0. The Morgan fingerprint density at radius 2 is 1.90 bits per heavy atom. The van der Waals surface area contributed by atoms with E-state index in [0.717, 1.165) is 17.0 Å². The maximum Gasteiger partial charge on any atom is 0.322 e. The lowest BCUT2D eigenvalue weighted by Crippen LogP contribution is -2.30. The molecule has 2 aromatic heterocycles. The number of amides is 3. The summed E-state index contributed by atoms with van der Waals surface area (Å²) in [4.78, 5) is 30.8. The van der Waals surface area contributed by atoms with E-state index in [1.165, 1.54) is 0 Å². The minimum Gasteiger partial charge on any atom is -0.350 e.